The predicted octanol–water partition coefficient (Wildman–Crippen LogP) is 2.62. The van der Waals surface area contributed by atoms with Crippen LogP contribution >= 0.6 is 0 Å². The first-order valence-electron chi connectivity index (χ1n) is 6.58. The average Bonchev–Trinajstić information content (AvgIpc) is 2.45. The van der Waals surface area contributed by atoms with Gasteiger partial charge in [0.15, 0.2) is 0 Å². The van der Waals surface area contributed by atoms with E-state index in [0.717, 1.165) is 0 Å². The first kappa shape index (κ1) is 13.6. The molecule has 0 radical (unpaired) electrons. The Balaban J connectivity index is 2.26. The first-order valence-corrected chi connectivity index (χ1v) is 6.58. The lowest BCUT2D eigenvalue weighted by Gasteiger charge is -2.20. The Morgan fingerprint density at radius 2 is 1.74 bits per heavy atom. The lowest BCUT2D eigenvalue weighted by Crippen LogP contribution is -2.41. The number of carbonyl (C=O) groups is 1. The van der Waals surface area contributed by atoms with Gasteiger partial charge in [0.25, 0.3) is 0 Å². The van der Waals surface area contributed by atoms with Gasteiger partial charge in [0, 0.05) is 13.1 Å². The van der Waals surface area contributed by atoms with Gasteiger partial charge >= 0.3 is 0 Å². The average molecular weight is 256 g/mol. The third-order valence-corrected chi connectivity index (χ3v) is 3.43. The van der Waals surface area contributed by atoms with Crippen molar-refractivity contribution < 1.29 is 4.79 Å². The molecule has 0 spiro atoms. The number of fused-ring (bicyclic) bond motifs is 1. The van der Waals surface area contributed by atoms with E-state index in [9.17, 15) is 4.79 Å². The van der Waals surface area contributed by atoms with Crippen LogP contribution in [0.5, 0.6) is 0 Å². The summed E-state index contributed by atoms with van der Waals surface area (Å²) in [5, 5.41) is 8.44. The van der Waals surface area contributed by atoms with E-state index in [1.54, 1.807) is 7.05 Å². The summed E-state index contributed by atoms with van der Waals surface area (Å²) in [4.78, 5) is 11.6. The molecule has 0 fully saturated rings. The molecule has 0 aliphatic carbocycles. The number of likely N-dealkylation sites (N-methyl/N-ethyl adjacent to an activating group) is 1. The van der Waals surface area contributed by atoms with E-state index >= 15 is 0 Å². The van der Waals surface area contributed by atoms with Crippen molar-refractivity contribution in [2.24, 2.45) is 0 Å². The highest BCUT2D eigenvalue weighted by molar-refractivity contribution is 5.86. The summed E-state index contributed by atoms with van der Waals surface area (Å²) in [7, 11) is 1.66. The van der Waals surface area contributed by atoms with Gasteiger partial charge < -0.3 is 5.32 Å². The van der Waals surface area contributed by atoms with Crippen LogP contribution in [-0.2, 0) is 4.79 Å². The molecule has 2 atom stereocenters. The molecule has 3 nitrogen and oxygen atoms in total. The minimum absolute atomic E-state index is 0.00656. The van der Waals surface area contributed by atoms with Crippen molar-refractivity contribution in [3.05, 3.63) is 48.0 Å². The molecule has 1 amide bonds. The van der Waals surface area contributed by atoms with Gasteiger partial charge in [-0.05, 0) is 30.2 Å². The van der Waals surface area contributed by atoms with E-state index in [2.05, 4.69) is 47.9 Å². The molecule has 2 N–H and O–H groups in total. The molecule has 3 heteroatoms. The molecule has 19 heavy (non-hydrogen) atoms. The van der Waals surface area contributed by atoms with Crippen molar-refractivity contribution in [2.45, 2.75) is 25.9 Å². The van der Waals surface area contributed by atoms with Crippen molar-refractivity contribution in [1.82, 2.24) is 10.6 Å². The molecule has 2 unspecified atom stereocenters. The fourth-order valence-corrected chi connectivity index (χ4v) is 2.39. The van der Waals surface area contributed by atoms with Gasteiger partial charge in [0.05, 0.1) is 6.04 Å². The molecule has 0 bridgehead atoms. The predicted molar refractivity (Wildman–Crippen MR) is 79.0 cm³/mol. The molecule has 0 aromatic heterocycles. The van der Waals surface area contributed by atoms with Gasteiger partial charge in [0.2, 0.25) is 5.91 Å². The Labute approximate surface area is 114 Å². The standard InChI is InChI=1S/C16H20N2O/c1-11(18-12(2)16(19)17-3)14-10-6-8-13-7-4-5-9-15(13)14/h4-12,18H,1-3H3,(H,17,19). The van der Waals surface area contributed by atoms with Crippen LogP contribution in [0.1, 0.15) is 25.5 Å². The number of hydrogen-bond acceptors (Lipinski definition) is 2. The lowest BCUT2D eigenvalue weighted by atomic mass is 9.99. The molecule has 2 rings (SSSR count). The van der Waals surface area contributed by atoms with Crippen molar-refractivity contribution in [3.8, 4) is 0 Å². The molecule has 100 valence electrons. The molecule has 0 aliphatic rings. The Morgan fingerprint density at radius 1 is 1.05 bits per heavy atom. The van der Waals surface area contributed by atoms with Crippen LogP contribution in [0, 0.1) is 0 Å². The number of carbonyl (C=O) groups excluding carboxylic acids is 1. The van der Waals surface area contributed by atoms with E-state index in [1.807, 2.05) is 19.1 Å². The SMILES string of the molecule is CNC(=O)C(C)NC(C)c1cccc2ccccc12. The molecule has 0 heterocycles. The summed E-state index contributed by atoms with van der Waals surface area (Å²) >= 11 is 0. The van der Waals surface area contributed by atoms with E-state index in [0.29, 0.717) is 0 Å². The third kappa shape index (κ3) is 2.93. The number of benzene rings is 2. The maximum absolute atomic E-state index is 11.6. The lowest BCUT2D eigenvalue weighted by molar-refractivity contribution is -0.122. The zero-order valence-electron chi connectivity index (χ0n) is 11.6. The van der Waals surface area contributed by atoms with Gasteiger partial charge in [-0.15, -0.1) is 0 Å². The van der Waals surface area contributed by atoms with Gasteiger partial charge in [-0.3, -0.25) is 10.1 Å². The Bertz CT molecular complexity index is 574. The number of rotatable bonds is 4. The fourth-order valence-electron chi connectivity index (χ4n) is 2.39. The summed E-state index contributed by atoms with van der Waals surface area (Å²) in [6.07, 6.45) is 0. The molecule has 0 saturated heterocycles. The Kier molecular flexibility index (Phi) is 4.17. The second-order valence-electron chi connectivity index (χ2n) is 4.79. The van der Waals surface area contributed by atoms with Crippen LogP contribution in [0.2, 0.25) is 0 Å². The Morgan fingerprint density at radius 3 is 2.47 bits per heavy atom. The molecule has 0 aliphatic heterocycles. The zero-order chi connectivity index (χ0) is 13.8. The van der Waals surface area contributed by atoms with Crippen LogP contribution in [0.25, 0.3) is 10.8 Å². The van der Waals surface area contributed by atoms with E-state index in [1.165, 1.54) is 16.3 Å². The first-order chi connectivity index (χ1) is 9.13. The van der Waals surface area contributed by atoms with Crippen LogP contribution in [-0.4, -0.2) is 19.0 Å². The van der Waals surface area contributed by atoms with Crippen molar-refractivity contribution in [1.29, 1.82) is 0 Å². The zero-order valence-corrected chi connectivity index (χ0v) is 11.6. The molecule has 0 saturated carbocycles. The maximum atomic E-state index is 11.6. The second kappa shape index (κ2) is 5.85. The van der Waals surface area contributed by atoms with Crippen molar-refractivity contribution in [2.75, 3.05) is 7.05 Å². The fraction of sp³-hybridized carbons (Fsp3) is 0.312. The molecule has 2 aromatic rings. The minimum atomic E-state index is -0.209. The normalized spacial score (nSPS) is 14.1. The number of hydrogen-bond donors (Lipinski definition) is 2. The van der Waals surface area contributed by atoms with Gasteiger partial charge in [-0.25, -0.2) is 0 Å². The topological polar surface area (TPSA) is 41.1 Å². The summed E-state index contributed by atoms with van der Waals surface area (Å²) in [6, 6.07) is 14.5. The van der Waals surface area contributed by atoms with Gasteiger partial charge in [-0.1, -0.05) is 42.5 Å². The summed E-state index contributed by atoms with van der Waals surface area (Å²) in [5.41, 5.74) is 1.22. The van der Waals surface area contributed by atoms with E-state index in [-0.39, 0.29) is 18.0 Å². The van der Waals surface area contributed by atoms with Crippen molar-refractivity contribution >= 4 is 16.7 Å². The second-order valence-corrected chi connectivity index (χ2v) is 4.79. The van der Waals surface area contributed by atoms with Crippen LogP contribution in [0.4, 0.5) is 0 Å². The third-order valence-electron chi connectivity index (χ3n) is 3.43. The highest BCUT2D eigenvalue weighted by atomic mass is 16.2. The minimum Gasteiger partial charge on any atom is -0.358 e. The van der Waals surface area contributed by atoms with Crippen LogP contribution < -0.4 is 10.6 Å². The highest BCUT2D eigenvalue weighted by Gasteiger charge is 2.16. The summed E-state index contributed by atoms with van der Waals surface area (Å²) < 4.78 is 0. The highest BCUT2D eigenvalue weighted by Crippen LogP contribution is 2.24. The number of amides is 1. The van der Waals surface area contributed by atoms with E-state index in [4.69, 9.17) is 0 Å². The van der Waals surface area contributed by atoms with E-state index < -0.39 is 0 Å². The quantitative estimate of drug-likeness (QED) is 0.883. The molecular weight excluding hydrogens is 236 g/mol. The van der Waals surface area contributed by atoms with Gasteiger partial charge in [0.1, 0.15) is 0 Å². The summed E-state index contributed by atoms with van der Waals surface area (Å²) in [6.45, 7) is 3.96. The Hall–Kier alpha value is -1.87. The van der Waals surface area contributed by atoms with Crippen LogP contribution in [0.15, 0.2) is 42.5 Å². The monoisotopic (exact) mass is 256 g/mol. The molecular formula is C16H20N2O. The maximum Gasteiger partial charge on any atom is 0.236 e. The smallest absolute Gasteiger partial charge is 0.236 e. The van der Waals surface area contributed by atoms with Crippen LogP contribution in [0.3, 0.4) is 0 Å². The van der Waals surface area contributed by atoms with Gasteiger partial charge in [-0.2, -0.15) is 0 Å². The van der Waals surface area contributed by atoms with Crippen molar-refractivity contribution in [3.63, 3.8) is 0 Å². The molecule has 2 aromatic carbocycles. The number of nitrogens with one attached hydrogen (secondary N) is 2. The largest absolute Gasteiger partial charge is 0.358 e. The summed E-state index contributed by atoms with van der Waals surface area (Å²) in [5.74, 6) is 0.00656.